The van der Waals surface area contributed by atoms with Crippen LogP contribution in [0.4, 0.5) is 16.2 Å². The van der Waals surface area contributed by atoms with Crippen LogP contribution in [-0.2, 0) is 9.59 Å². The molecule has 11 nitrogen and oxygen atoms in total. The number of para-hydroxylation sites is 1. The topological polar surface area (TPSA) is 176 Å². The summed E-state index contributed by atoms with van der Waals surface area (Å²) in [5.74, 6) is -1.96. The van der Waals surface area contributed by atoms with Crippen molar-refractivity contribution < 1.29 is 19.5 Å². The highest BCUT2D eigenvalue weighted by atomic mass is 16.4. The molecule has 11 heteroatoms. The summed E-state index contributed by atoms with van der Waals surface area (Å²) >= 11 is 0. The Bertz CT molecular complexity index is 1100. The van der Waals surface area contributed by atoms with Crippen molar-refractivity contribution in [2.75, 3.05) is 11.4 Å². The first kappa shape index (κ1) is 27.0. The van der Waals surface area contributed by atoms with Crippen molar-refractivity contribution in [1.29, 1.82) is 0 Å². The third-order valence-electron chi connectivity index (χ3n) is 5.39. The molecule has 6 N–H and O–H groups in total. The second-order valence-corrected chi connectivity index (χ2v) is 7.93. The number of carboxylic acid groups (broad SMARTS) is 1. The highest BCUT2D eigenvalue weighted by molar-refractivity contribution is 6.00. The van der Waals surface area contributed by atoms with Crippen molar-refractivity contribution in [1.82, 2.24) is 5.32 Å². The van der Waals surface area contributed by atoms with Crippen molar-refractivity contribution >= 4 is 35.2 Å². The molecule has 3 amide bonds. The van der Waals surface area contributed by atoms with E-state index >= 15 is 0 Å². The number of benzene rings is 2. The number of hydrogen-bond acceptors (Lipinski definition) is 5. The molecule has 186 valence electrons. The van der Waals surface area contributed by atoms with Crippen LogP contribution >= 0.6 is 0 Å². The number of guanidine groups is 1. The summed E-state index contributed by atoms with van der Waals surface area (Å²) in [5, 5.41) is 19.9. The fraction of sp³-hybridized carbons (Fsp3) is 0.333. The number of amides is 3. The van der Waals surface area contributed by atoms with Crippen molar-refractivity contribution in [3.05, 3.63) is 59.7 Å². The van der Waals surface area contributed by atoms with E-state index in [4.69, 9.17) is 11.5 Å². The van der Waals surface area contributed by atoms with Crippen molar-refractivity contribution in [3.8, 4) is 0 Å². The summed E-state index contributed by atoms with van der Waals surface area (Å²) in [7, 11) is 0. The molecule has 0 saturated carbocycles. The summed E-state index contributed by atoms with van der Waals surface area (Å²) in [6.07, 6.45) is 0.450. The Morgan fingerprint density at radius 3 is 2.37 bits per heavy atom. The zero-order valence-electron chi connectivity index (χ0n) is 20.0. The zero-order chi connectivity index (χ0) is 26.0. The lowest BCUT2D eigenvalue weighted by Crippen LogP contribution is -2.51. The average molecular weight is 482 g/mol. The van der Waals surface area contributed by atoms with E-state index in [1.165, 1.54) is 11.8 Å². The monoisotopic (exact) mass is 481 g/mol. The third-order valence-corrected chi connectivity index (χ3v) is 5.39. The van der Waals surface area contributed by atoms with E-state index in [2.05, 4.69) is 20.5 Å². The number of aliphatic imine (C=N–C) groups is 1. The van der Waals surface area contributed by atoms with Gasteiger partial charge in [0.15, 0.2) is 5.96 Å². The molecule has 0 fully saturated rings. The van der Waals surface area contributed by atoms with Crippen LogP contribution in [0.25, 0.3) is 0 Å². The molecule has 0 bridgehead atoms. The van der Waals surface area contributed by atoms with Crippen LogP contribution in [0.3, 0.4) is 0 Å². The van der Waals surface area contributed by atoms with Gasteiger partial charge in [0.2, 0.25) is 5.91 Å². The first-order chi connectivity index (χ1) is 16.6. The Morgan fingerprint density at radius 1 is 1.06 bits per heavy atom. The molecule has 35 heavy (non-hydrogen) atoms. The number of azo groups is 1. The van der Waals surface area contributed by atoms with Gasteiger partial charge in [-0.3, -0.25) is 14.7 Å². The Labute approximate surface area is 203 Å². The highest BCUT2D eigenvalue weighted by Gasteiger charge is 2.30. The largest absolute Gasteiger partial charge is 0.480 e. The standard InChI is InChI=1S/C24H31N7O4/c1-15-9-7-12-19(16(15)2)29-30-24(35)31(18-10-5-4-6-11-18)17(3)21(32)28-20(22(33)34)13-8-14-27-23(25)26/h4-7,9-12,17,20H,8,13-14H2,1-3H3,(H,28,32)(H,33,34)(H4,25,26,27). The van der Waals surface area contributed by atoms with Gasteiger partial charge in [0.25, 0.3) is 0 Å². The number of urea groups is 1. The maximum Gasteiger partial charge on any atom is 0.367 e. The zero-order valence-corrected chi connectivity index (χ0v) is 20.0. The summed E-state index contributed by atoms with van der Waals surface area (Å²) in [5.41, 5.74) is 13.4. The number of anilines is 1. The Morgan fingerprint density at radius 2 is 1.74 bits per heavy atom. The molecular formula is C24H31N7O4. The van der Waals surface area contributed by atoms with Crippen molar-refractivity contribution in [3.63, 3.8) is 0 Å². The maximum atomic E-state index is 13.1. The van der Waals surface area contributed by atoms with Crippen LogP contribution in [0.5, 0.6) is 0 Å². The molecule has 2 aromatic carbocycles. The number of aryl methyl sites for hydroxylation is 1. The summed E-state index contributed by atoms with van der Waals surface area (Å²) in [6, 6.07) is 11.0. The predicted molar refractivity (Wildman–Crippen MR) is 134 cm³/mol. The van der Waals surface area contributed by atoms with Crippen LogP contribution in [0.1, 0.15) is 30.9 Å². The van der Waals surface area contributed by atoms with Crippen LogP contribution in [0.2, 0.25) is 0 Å². The fourth-order valence-electron chi connectivity index (χ4n) is 3.25. The normalized spacial score (nSPS) is 12.5. The first-order valence-corrected chi connectivity index (χ1v) is 11.1. The molecule has 2 aromatic rings. The molecular weight excluding hydrogens is 450 g/mol. The number of hydrogen-bond donors (Lipinski definition) is 4. The van der Waals surface area contributed by atoms with Gasteiger partial charge in [-0.05, 0) is 62.9 Å². The molecule has 0 aliphatic carbocycles. The minimum Gasteiger partial charge on any atom is -0.480 e. The van der Waals surface area contributed by atoms with Gasteiger partial charge in [-0.25, -0.2) is 9.59 Å². The summed E-state index contributed by atoms with van der Waals surface area (Å²) in [6.45, 7) is 5.52. The van der Waals surface area contributed by atoms with E-state index in [-0.39, 0.29) is 18.9 Å². The highest BCUT2D eigenvalue weighted by Crippen LogP contribution is 2.23. The lowest BCUT2D eigenvalue weighted by Gasteiger charge is -2.27. The predicted octanol–water partition coefficient (Wildman–Crippen LogP) is 3.03. The molecule has 0 aliphatic rings. The van der Waals surface area contributed by atoms with Gasteiger partial charge in [-0.15, -0.1) is 5.11 Å². The van der Waals surface area contributed by atoms with E-state index in [0.29, 0.717) is 17.8 Å². The van der Waals surface area contributed by atoms with Gasteiger partial charge >= 0.3 is 12.0 Å². The smallest absolute Gasteiger partial charge is 0.367 e. The van der Waals surface area contributed by atoms with Gasteiger partial charge in [-0.2, -0.15) is 0 Å². The van der Waals surface area contributed by atoms with Crippen LogP contribution in [-0.4, -0.2) is 47.6 Å². The molecule has 0 aromatic heterocycles. The number of nitrogens with zero attached hydrogens (tertiary/aromatic N) is 4. The number of carboxylic acids is 1. The Balaban J connectivity index is 2.23. The van der Waals surface area contributed by atoms with Gasteiger partial charge in [0.05, 0.1) is 5.69 Å². The number of rotatable bonds is 10. The van der Waals surface area contributed by atoms with Crippen molar-refractivity contribution in [2.24, 2.45) is 26.7 Å². The van der Waals surface area contributed by atoms with Gasteiger partial charge in [-0.1, -0.05) is 35.4 Å². The molecule has 0 saturated heterocycles. The number of nitrogens with two attached hydrogens (primary N) is 2. The summed E-state index contributed by atoms with van der Waals surface area (Å²) < 4.78 is 0. The lowest BCUT2D eigenvalue weighted by atomic mass is 10.1. The van der Waals surface area contributed by atoms with E-state index in [0.717, 1.165) is 11.1 Å². The number of aliphatic carboxylic acids is 1. The molecule has 2 atom stereocenters. The first-order valence-electron chi connectivity index (χ1n) is 11.1. The maximum absolute atomic E-state index is 13.1. The van der Waals surface area contributed by atoms with E-state index in [1.807, 2.05) is 26.0 Å². The SMILES string of the molecule is Cc1cccc(N=NC(=O)N(c2ccccc2)C(C)C(=O)NC(CCCN=C(N)N)C(=O)O)c1C. The fourth-order valence-corrected chi connectivity index (χ4v) is 3.25. The number of nitrogens with one attached hydrogen (secondary N) is 1. The van der Waals surface area contributed by atoms with Gasteiger partial charge < -0.3 is 21.9 Å². The van der Waals surface area contributed by atoms with Crippen LogP contribution in [0, 0.1) is 13.8 Å². The second kappa shape index (κ2) is 12.8. The molecule has 0 spiro atoms. The number of carbonyl (C=O) groups is 3. The second-order valence-electron chi connectivity index (χ2n) is 7.93. The minimum atomic E-state index is -1.21. The molecule has 0 heterocycles. The van der Waals surface area contributed by atoms with Gasteiger partial charge in [0.1, 0.15) is 12.1 Å². The molecule has 0 radical (unpaired) electrons. The molecule has 2 unspecified atom stereocenters. The Kier molecular flexibility index (Phi) is 9.88. The van der Waals surface area contributed by atoms with E-state index in [9.17, 15) is 19.5 Å². The van der Waals surface area contributed by atoms with E-state index in [1.54, 1.807) is 36.4 Å². The summed E-state index contributed by atoms with van der Waals surface area (Å²) in [4.78, 5) is 42.7. The molecule has 0 aliphatic heterocycles. The quantitative estimate of drug-likeness (QED) is 0.175. The molecule has 2 rings (SSSR count). The van der Waals surface area contributed by atoms with Crippen LogP contribution < -0.4 is 21.7 Å². The van der Waals surface area contributed by atoms with Gasteiger partial charge in [0, 0.05) is 12.2 Å². The lowest BCUT2D eigenvalue weighted by molar-refractivity contribution is -0.142. The Hall–Kier alpha value is -4.28. The minimum absolute atomic E-state index is 0.0958. The number of carbonyl (C=O) groups excluding carboxylic acids is 2. The average Bonchev–Trinajstić information content (AvgIpc) is 2.82. The third kappa shape index (κ3) is 7.91. The van der Waals surface area contributed by atoms with Crippen LogP contribution in [0.15, 0.2) is 63.8 Å². The van der Waals surface area contributed by atoms with Crippen molar-refractivity contribution in [2.45, 2.75) is 45.7 Å². The van der Waals surface area contributed by atoms with E-state index < -0.39 is 30.0 Å².